The summed E-state index contributed by atoms with van der Waals surface area (Å²) in [5, 5.41) is 10.4. The molecular formula is C57H49F6N15O5S3. The summed E-state index contributed by atoms with van der Waals surface area (Å²) in [6.45, 7) is 2.86. The van der Waals surface area contributed by atoms with Crippen molar-refractivity contribution >= 4 is 68.8 Å². The topological polar surface area (TPSA) is 272 Å². The zero-order valence-electron chi connectivity index (χ0n) is 45.1. The minimum atomic E-state index is -0.590. The van der Waals surface area contributed by atoms with Gasteiger partial charge in [0.15, 0.2) is 32.8 Å². The van der Waals surface area contributed by atoms with Crippen LogP contribution in [-0.2, 0) is 33.6 Å². The molecule has 0 aromatic carbocycles. The first-order chi connectivity index (χ1) is 41.4. The number of pyridine rings is 3. The van der Waals surface area contributed by atoms with E-state index in [0.29, 0.717) is 118 Å². The van der Waals surface area contributed by atoms with Crippen molar-refractivity contribution in [1.29, 1.82) is 0 Å². The van der Waals surface area contributed by atoms with E-state index >= 15 is 0 Å². The lowest BCUT2D eigenvalue weighted by Gasteiger charge is -2.17. The second kappa shape index (κ2) is 26.8. The van der Waals surface area contributed by atoms with Crippen LogP contribution in [0, 0.1) is 43.0 Å². The fraction of sp³-hybridized carbons (Fsp3) is 0.263. The lowest BCUT2D eigenvalue weighted by atomic mass is 10.1. The van der Waals surface area contributed by atoms with Gasteiger partial charge < -0.3 is 26.2 Å². The van der Waals surface area contributed by atoms with Gasteiger partial charge in [0.2, 0.25) is 17.7 Å². The van der Waals surface area contributed by atoms with Crippen LogP contribution in [0.3, 0.4) is 0 Å². The average molecular weight is 1230 g/mol. The molecule has 3 amide bonds. The smallest absolute Gasteiger partial charge is 0.291 e. The normalized spacial score (nSPS) is 16.3. The number of thiophene rings is 3. The van der Waals surface area contributed by atoms with Crippen LogP contribution in [0.15, 0.2) is 110 Å². The first-order valence-corrected chi connectivity index (χ1v) is 29.0. The molecule has 20 nitrogen and oxygen atoms in total. The molecule has 0 radical (unpaired) electrons. The number of nitrogens with two attached hydrogens (primary N) is 2. The van der Waals surface area contributed by atoms with Crippen LogP contribution in [-0.4, -0.2) is 121 Å². The fourth-order valence-electron chi connectivity index (χ4n) is 9.82. The summed E-state index contributed by atoms with van der Waals surface area (Å²) < 4.78 is 78.9. The predicted molar refractivity (Wildman–Crippen MR) is 307 cm³/mol. The van der Waals surface area contributed by atoms with Gasteiger partial charge in [-0.05, 0) is 86.0 Å². The van der Waals surface area contributed by atoms with Crippen molar-refractivity contribution < 1.29 is 45.6 Å². The number of carbonyl (C=O) groups excluding carboxylic acids is 3. The van der Waals surface area contributed by atoms with Crippen LogP contribution in [0.1, 0.15) is 71.6 Å². The maximum Gasteiger partial charge on any atom is 0.291 e. The Morgan fingerprint density at radius 3 is 1.07 bits per heavy atom. The van der Waals surface area contributed by atoms with E-state index < -0.39 is 27.5 Å². The molecule has 29 heteroatoms. The van der Waals surface area contributed by atoms with E-state index in [1.165, 1.54) is 36.4 Å². The quantitative estimate of drug-likeness (QED) is 0.0618. The Hall–Kier alpha value is -9.22. The molecule has 3 saturated heterocycles. The number of nitrogens with zero attached hydrogens (tertiary/aromatic N) is 13. The zero-order valence-corrected chi connectivity index (χ0v) is 47.6. The number of aromatic nitrogens is 9. The molecule has 86 heavy (non-hydrogen) atoms. The largest absolute Gasteiger partial charge is 0.397 e. The minimum Gasteiger partial charge on any atom is -0.397 e. The SMILES string of the molecule is Nc1ccc(-c2ccc(F)s2)nc1CC(=O)N1CCC(c2ncc(F)cn2)C1.Nc1ccc(-c2ccc(F)s2)nc1CC(=O)N1CCC(c2ncc(F)cn2)C1.O=C(Cc1nc(-c2ccc(F)s2)ccc1[N+](=O)[O-])N1CCC(c2ncc(F)cn2)C1. The Balaban J connectivity index is 0.000000143. The van der Waals surface area contributed by atoms with Gasteiger partial charge in [0, 0.05) is 63.1 Å². The first-order valence-electron chi connectivity index (χ1n) is 26.6. The number of nitrogen functional groups attached to an aromatic ring is 2. The van der Waals surface area contributed by atoms with Crippen molar-refractivity contribution in [2.45, 2.75) is 56.3 Å². The van der Waals surface area contributed by atoms with Crippen molar-refractivity contribution in [2.75, 3.05) is 50.7 Å². The molecule has 442 valence electrons. The molecule has 0 bridgehead atoms. The highest BCUT2D eigenvalue weighted by Gasteiger charge is 2.33. The summed E-state index contributed by atoms with van der Waals surface area (Å²) in [6.07, 6.45) is 8.62. The van der Waals surface area contributed by atoms with Gasteiger partial charge in [-0.3, -0.25) is 24.5 Å². The molecule has 3 aliphatic rings. The lowest BCUT2D eigenvalue weighted by molar-refractivity contribution is -0.385. The molecule has 4 N–H and O–H groups in total. The minimum absolute atomic E-state index is 0.0183. The maximum absolute atomic E-state index is 13.3. The highest BCUT2D eigenvalue weighted by molar-refractivity contribution is 7.14. The number of halogens is 6. The van der Waals surface area contributed by atoms with Gasteiger partial charge in [-0.1, -0.05) is 0 Å². The molecule has 12 heterocycles. The van der Waals surface area contributed by atoms with E-state index in [-0.39, 0.29) is 76.4 Å². The Kier molecular flexibility index (Phi) is 18.7. The van der Waals surface area contributed by atoms with Gasteiger partial charge in [0.25, 0.3) is 5.69 Å². The second-order valence-electron chi connectivity index (χ2n) is 20.0. The number of hydrogen-bond acceptors (Lipinski definition) is 19. The van der Waals surface area contributed by atoms with Gasteiger partial charge in [-0.25, -0.2) is 58.0 Å². The second-order valence-corrected chi connectivity index (χ2v) is 23.1. The Morgan fingerprint density at radius 1 is 0.465 bits per heavy atom. The van der Waals surface area contributed by atoms with Crippen molar-refractivity contribution in [1.82, 2.24) is 59.6 Å². The van der Waals surface area contributed by atoms with Gasteiger partial charge in [-0.2, -0.15) is 13.2 Å². The Morgan fingerprint density at radius 2 is 0.767 bits per heavy atom. The van der Waals surface area contributed by atoms with Crippen molar-refractivity contribution in [3.8, 4) is 31.7 Å². The van der Waals surface area contributed by atoms with Crippen LogP contribution in [0.2, 0.25) is 0 Å². The molecule has 3 fully saturated rings. The third-order valence-electron chi connectivity index (χ3n) is 14.2. The average Bonchev–Trinajstić information content (AvgIpc) is 3.36. The van der Waals surface area contributed by atoms with Crippen LogP contribution in [0.4, 0.5) is 43.4 Å². The zero-order chi connectivity index (χ0) is 60.6. The number of amides is 3. The van der Waals surface area contributed by atoms with Crippen LogP contribution < -0.4 is 11.5 Å². The summed E-state index contributed by atoms with van der Waals surface area (Å²) >= 11 is 2.86. The Labute approximate surface area is 497 Å². The summed E-state index contributed by atoms with van der Waals surface area (Å²) in [5.41, 5.74) is 15.1. The predicted octanol–water partition coefficient (Wildman–Crippen LogP) is 9.38. The summed E-state index contributed by atoms with van der Waals surface area (Å²) in [6, 6.07) is 18.4. The van der Waals surface area contributed by atoms with Gasteiger partial charge in [0.05, 0.1) is 116 Å². The highest BCUT2D eigenvalue weighted by atomic mass is 32.1. The first kappa shape index (κ1) is 59.9. The van der Waals surface area contributed by atoms with Crippen molar-refractivity contribution in [2.24, 2.45) is 0 Å². The van der Waals surface area contributed by atoms with Crippen LogP contribution in [0.5, 0.6) is 0 Å². The van der Waals surface area contributed by atoms with Gasteiger partial charge in [-0.15, -0.1) is 34.0 Å². The van der Waals surface area contributed by atoms with E-state index in [1.54, 1.807) is 51.1 Å². The Bertz CT molecular complexity index is 3750. The van der Waals surface area contributed by atoms with Gasteiger partial charge >= 0.3 is 0 Å². The fourth-order valence-corrected chi connectivity index (χ4v) is 11.9. The number of anilines is 2. The molecule has 0 saturated carbocycles. The molecule has 0 spiro atoms. The number of carbonyl (C=O) groups is 3. The standard InChI is InChI=1S/C19H15F2N5O3S.2C19H17F2N5OS/c20-12-8-22-19(23-9-12)11-5-6-25(10-11)18(27)7-14-15(26(28)29)2-1-13(24-14)16-3-4-17(21)30-16;2*20-12-8-23-19(24-9-12)11-5-6-26(10-11)18(27)7-15-13(22)1-2-14(25-15)16-3-4-17(21)28-16/h1-4,8-9,11H,5-7,10H2;2*1-4,8-9,11H,5-7,10,22H2. The summed E-state index contributed by atoms with van der Waals surface area (Å²) in [7, 11) is 0. The molecule has 3 unspecified atom stereocenters. The third kappa shape index (κ3) is 14.8. The third-order valence-corrected chi connectivity index (χ3v) is 16.9. The number of hydrogen-bond donors (Lipinski definition) is 2. The maximum atomic E-state index is 13.3. The number of rotatable bonds is 13. The molecule has 9 aromatic heterocycles. The number of likely N-dealkylation sites (tertiary alicyclic amines) is 3. The van der Waals surface area contributed by atoms with Crippen molar-refractivity contribution in [3.05, 3.63) is 187 Å². The molecule has 3 aliphatic heterocycles. The lowest BCUT2D eigenvalue weighted by Crippen LogP contribution is -2.30. The molecular weight excluding hydrogens is 1180 g/mol. The highest BCUT2D eigenvalue weighted by Crippen LogP contribution is 2.33. The van der Waals surface area contributed by atoms with Crippen LogP contribution >= 0.6 is 34.0 Å². The molecule has 3 atom stereocenters. The van der Waals surface area contributed by atoms with E-state index in [0.717, 1.165) is 84.0 Å². The van der Waals surface area contributed by atoms with E-state index in [9.17, 15) is 50.8 Å². The van der Waals surface area contributed by atoms with Crippen LogP contribution in [0.25, 0.3) is 31.7 Å². The molecule has 12 rings (SSSR count). The summed E-state index contributed by atoms with van der Waals surface area (Å²) in [4.78, 5) is 93.1. The number of nitro groups is 1. The molecule has 0 aliphatic carbocycles. The molecule has 9 aromatic rings. The van der Waals surface area contributed by atoms with E-state index in [4.69, 9.17) is 11.5 Å². The van der Waals surface area contributed by atoms with Crippen molar-refractivity contribution in [3.63, 3.8) is 0 Å². The summed E-state index contributed by atoms with van der Waals surface area (Å²) in [5.74, 6) is -0.647. The van der Waals surface area contributed by atoms with E-state index in [1.807, 2.05) is 0 Å². The van der Waals surface area contributed by atoms with E-state index in [2.05, 4.69) is 44.9 Å². The van der Waals surface area contributed by atoms with Gasteiger partial charge in [0.1, 0.15) is 23.2 Å². The monoisotopic (exact) mass is 1230 g/mol.